The van der Waals surface area contributed by atoms with Gasteiger partial charge in [-0.05, 0) is 84.4 Å². The number of benzene rings is 3. The van der Waals surface area contributed by atoms with Gasteiger partial charge in [0.25, 0.3) is 11.8 Å². The van der Waals surface area contributed by atoms with Crippen LogP contribution in [0.1, 0.15) is 87.3 Å². The number of amidine groups is 1. The van der Waals surface area contributed by atoms with Crippen molar-refractivity contribution in [3.8, 4) is 16.9 Å². The van der Waals surface area contributed by atoms with Gasteiger partial charge in [0, 0.05) is 11.1 Å². The van der Waals surface area contributed by atoms with Gasteiger partial charge >= 0.3 is 0 Å². The lowest BCUT2D eigenvalue weighted by molar-refractivity contribution is -0.133. The zero-order valence-corrected chi connectivity index (χ0v) is 27.1. The Bertz CT molecular complexity index is 1600. The molecule has 10 nitrogen and oxygen atoms in total. The molecular formula is C36H45N7O3. The van der Waals surface area contributed by atoms with Crippen LogP contribution in [0.5, 0.6) is 5.75 Å². The van der Waals surface area contributed by atoms with Crippen molar-refractivity contribution in [2.45, 2.75) is 71.5 Å². The van der Waals surface area contributed by atoms with Gasteiger partial charge in [0.05, 0.1) is 12.6 Å². The normalized spacial score (nSPS) is 20.8. The molecule has 1 spiro atoms. The minimum atomic E-state index is -0.631. The number of aliphatic imine (C=N–C) groups is 1. The molecule has 0 radical (unpaired) electrons. The average molecular weight is 624 g/mol. The summed E-state index contributed by atoms with van der Waals surface area (Å²) in [5.74, 6) is 5.72. The fourth-order valence-electron chi connectivity index (χ4n) is 6.83. The molecule has 1 heterocycles. The van der Waals surface area contributed by atoms with Crippen LogP contribution < -0.4 is 22.4 Å². The number of carbonyl (C=O) groups is 2. The lowest BCUT2D eigenvalue weighted by Crippen LogP contribution is -2.51. The molecule has 0 saturated heterocycles. The molecule has 1 aliphatic carbocycles. The topological polar surface area (TPSA) is 158 Å². The van der Waals surface area contributed by atoms with Gasteiger partial charge in [0.15, 0.2) is 0 Å². The van der Waals surface area contributed by atoms with Crippen LogP contribution in [0.15, 0.2) is 82.9 Å². The van der Waals surface area contributed by atoms with Gasteiger partial charge in [0.2, 0.25) is 0 Å². The van der Waals surface area contributed by atoms with Crippen LogP contribution in [0, 0.1) is 11.3 Å². The number of hydrazine groups is 1. The molecule has 10 heteroatoms. The fraction of sp³-hybridized carbons (Fsp3) is 0.389. The Hall–Kier alpha value is -4.70. The third-order valence-electron chi connectivity index (χ3n) is 9.45. The summed E-state index contributed by atoms with van der Waals surface area (Å²) in [6, 6.07) is 22.2. The van der Waals surface area contributed by atoms with Gasteiger partial charge in [-0.25, -0.2) is 11.4 Å². The first-order valence-corrected chi connectivity index (χ1v) is 15.9. The zero-order chi connectivity index (χ0) is 33.1. The number of nitrogens with one attached hydrogen (secondary N) is 2. The van der Waals surface area contributed by atoms with Crippen molar-refractivity contribution in [1.29, 1.82) is 0 Å². The smallest absolute Gasteiger partial charge is 0.275 e. The van der Waals surface area contributed by atoms with Gasteiger partial charge in [-0.2, -0.15) is 5.10 Å². The van der Waals surface area contributed by atoms with E-state index in [-0.39, 0.29) is 41.4 Å². The van der Waals surface area contributed by atoms with Crippen molar-refractivity contribution < 1.29 is 14.7 Å². The van der Waals surface area contributed by atoms with Crippen molar-refractivity contribution in [2.75, 3.05) is 6.54 Å². The second-order valence-corrected chi connectivity index (χ2v) is 13.3. The Balaban J connectivity index is 1.44. The molecule has 1 fully saturated rings. The molecule has 0 unspecified atom stereocenters. The maximum atomic E-state index is 14.5. The molecule has 2 aliphatic rings. The second kappa shape index (κ2) is 13.3. The summed E-state index contributed by atoms with van der Waals surface area (Å²) in [4.78, 5) is 34.5. The number of amides is 2. The Morgan fingerprint density at radius 1 is 1.00 bits per heavy atom. The molecule has 1 saturated carbocycles. The zero-order valence-electron chi connectivity index (χ0n) is 27.1. The summed E-state index contributed by atoms with van der Waals surface area (Å²) in [6.07, 6.45) is 4.28. The van der Waals surface area contributed by atoms with Crippen LogP contribution in [-0.4, -0.2) is 45.6 Å². The number of carbonyl (C=O) groups excluding carboxylic acids is 2. The highest BCUT2D eigenvalue weighted by Gasteiger charge is 2.52. The number of hydrogen-bond acceptors (Lipinski definition) is 7. The van der Waals surface area contributed by atoms with Gasteiger partial charge in [-0.3, -0.25) is 14.6 Å². The molecule has 7 N–H and O–H groups in total. The van der Waals surface area contributed by atoms with Crippen LogP contribution in [0.25, 0.3) is 11.1 Å². The van der Waals surface area contributed by atoms with Crippen LogP contribution in [0.2, 0.25) is 0 Å². The summed E-state index contributed by atoms with van der Waals surface area (Å²) in [5.41, 5.74) is 12.1. The summed E-state index contributed by atoms with van der Waals surface area (Å²) in [7, 11) is 0. The molecule has 3 aromatic carbocycles. The van der Waals surface area contributed by atoms with Gasteiger partial charge < -0.3 is 21.1 Å². The first-order chi connectivity index (χ1) is 22.0. The van der Waals surface area contributed by atoms with E-state index in [0.29, 0.717) is 23.6 Å². The van der Waals surface area contributed by atoms with E-state index in [9.17, 15) is 14.7 Å². The highest BCUT2D eigenvalue weighted by Crippen LogP contribution is 2.49. The lowest BCUT2D eigenvalue weighted by Gasteiger charge is -2.47. The van der Waals surface area contributed by atoms with Gasteiger partial charge in [-0.15, -0.1) is 0 Å². The maximum Gasteiger partial charge on any atom is 0.275 e. The summed E-state index contributed by atoms with van der Waals surface area (Å²) in [6.45, 7) is 9.02. The van der Waals surface area contributed by atoms with Crippen molar-refractivity contribution in [3.63, 3.8) is 0 Å². The van der Waals surface area contributed by atoms with Crippen LogP contribution in [0.4, 0.5) is 0 Å². The van der Waals surface area contributed by atoms with E-state index in [1.165, 1.54) is 0 Å². The third kappa shape index (κ3) is 6.77. The van der Waals surface area contributed by atoms with Crippen molar-refractivity contribution in [2.24, 2.45) is 33.0 Å². The molecular weight excluding hydrogens is 578 g/mol. The summed E-state index contributed by atoms with van der Waals surface area (Å²) < 4.78 is 0. The number of nitrogens with two attached hydrogens (primary N) is 2. The predicted octanol–water partition coefficient (Wildman–Crippen LogP) is 5.24. The second-order valence-electron chi connectivity index (χ2n) is 13.3. The first-order valence-electron chi connectivity index (χ1n) is 15.9. The highest BCUT2D eigenvalue weighted by atomic mass is 16.3. The fourth-order valence-corrected chi connectivity index (χ4v) is 6.83. The SMILES string of the molecule is CC[C@H](c1ccc(C(=O)NC/C(N)=N/NN)cc1)N1C(=O)C(c2ccc(-c3ccc(O)cc3)cc2)=NC12CCC(C(C)(C)C)CC2. The van der Waals surface area contributed by atoms with E-state index < -0.39 is 5.66 Å². The number of nitrogens with zero attached hydrogens (tertiary/aromatic N) is 3. The Morgan fingerprint density at radius 2 is 1.57 bits per heavy atom. The van der Waals surface area contributed by atoms with Gasteiger partial charge in [0.1, 0.15) is 23.0 Å². The number of aromatic hydroxyl groups is 1. The van der Waals surface area contributed by atoms with E-state index in [4.69, 9.17) is 16.6 Å². The number of phenols is 1. The van der Waals surface area contributed by atoms with Crippen molar-refractivity contribution in [1.82, 2.24) is 15.8 Å². The Kier molecular flexibility index (Phi) is 9.48. The Labute approximate surface area is 270 Å². The average Bonchev–Trinajstić information content (AvgIpc) is 3.31. The van der Waals surface area contributed by atoms with Gasteiger partial charge in [-0.1, -0.05) is 76.2 Å². The van der Waals surface area contributed by atoms with E-state index in [2.05, 4.69) is 43.6 Å². The number of hydrogen-bond donors (Lipinski definition) is 5. The standard InChI is InChI=1S/C36H45N7O3/c1-5-30(25-8-12-27(13-9-25)33(45)39-22-31(37)41-42-38)43-34(46)32(40-36(43)20-18-28(19-21-36)35(2,3)4)26-10-6-23(7-11-26)24-14-16-29(44)17-15-24/h6-17,28,30,42,44H,5,18-22,38H2,1-4H3,(H2,37,41)(H,39,45)/t28?,30-,36?/m1/s1. The molecule has 46 heavy (non-hydrogen) atoms. The van der Waals surface area contributed by atoms with Crippen molar-refractivity contribution in [3.05, 3.63) is 89.5 Å². The largest absolute Gasteiger partial charge is 0.508 e. The van der Waals surface area contributed by atoms with Crippen LogP contribution >= 0.6 is 0 Å². The Morgan fingerprint density at radius 3 is 2.11 bits per heavy atom. The molecule has 242 valence electrons. The van der Waals surface area contributed by atoms with Crippen LogP contribution in [0.3, 0.4) is 0 Å². The van der Waals surface area contributed by atoms with E-state index in [0.717, 1.165) is 47.9 Å². The summed E-state index contributed by atoms with van der Waals surface area (Å²) >= 11 is 0. The number of hydrazone groups is 1. The highest BCUT2D eigenvalue weighted by molar-refractivity contribution is 6.46. The van der Waals surface area contributed by atoms with E-state index in [1.807, 2.05) is 53.4 Å². The summed E-state index contributed by atoms with van der Waals surface area (Å²) in [5, 5.41) is 16.1. The molecule has 0 bridgehead atoms. The lowest BCUT2D eigenvalue weighted by atomic mass is 9.69. The quantitative estimate of drug-likeness (QED) is 0.0949. The third-order valence-corrected chi connectivity index (χ3v) is 9.45. The molecule has 3 aromatic rings. The molecule has 5 rings (SSSR count). The van der Waals surface area contributed by atoms with Crippen LogP contribution in [-0.2, 0) is 4.79 Å². The first kappa shape index (κ1) is 32.7. The minimum Gasteiger partial charge on any atom is -0.508 e. The monoisotopic (exact) mass is 623 g/mol. The van der Waals surface area contributed by atoms with Crippen molar-refractivity contribution >= 4 is 23.4 Å². The number of phenolic OH excluding ortho intramolecular Hbond substituents is 1. The maximum absolute atomic E-state index is 14.5. The minimum absolute atomic E-state index is 0.0543. The van der Waals surface area contributed by atoms with E-state index in [1.54, 1.807) is 24.3 Å². The van der Waals surface area contributed by atoms with E-state index >= 15 is 0 Å². The molecule has 1 atom stereocenters. The molecule has 2 amide bonds. The molecule has 0 aromatic heterocycles. The molecule has 1 aliphatic heterocycles. The predicted molar refractivity (Wildman–Crippen MR) is 182 cm³/mol. The number of rotatable bonds is 9.